The molecule has 0 spiro atoms. The van der Waals surface area contributed by atoms with Crippen molar-refractivity contribution in [3.8, 4) is 0 Å². The second-order valence-corrected chi connectivity index (χ2v) is 7.02. The molecule has 1 aromatic heterocycles. The van der Waals surface area contributed by atoms with Crippen LogP contribution in [0.3, 0.4) is 0 Å². The standard InChI is InChI=1S/C20H21NO4/c1-12-8-19(24)25-17-10-16-14(9-15(12)17)13(2)11-20(3,4)21(16)7-5-6-18(22)23/h2,8-11H,5-7H2,1,3-4H3,(H,22,23). The summed E-state index contributed by atoms with van der Waals surface area (Å²) in [5.41, 5.74) is 2.99. The van der Waals surface area contributed by atoms with Gasteiger partial charge in [-0.1, -0.05) is 6.08 Å². The first-order valence-electron chi connectivity index (χ1n) is 8.26. The molecule has 0 unspecified atom stereocenters. The van der Waals surface area contributed by atoms with E-state index in [0.717, 1.165) is 22.2 Å². The van der Waals surface area contributed by atoms with Gasteiger partial charge in [0.25, 0.3) is 0 Å². The fraction of sp³-hybridized carbons (Fsp3) is 0.350. The Labute approximate surface area is 146 Å². The number of hydrogen-bond acceptors (Lipinski definition) is 4. The topological polar surface area (TPSA) is 70.8 Å². The normalized spacial score (nSPS) is 15.8. The van der Waals surface area contributed by atoms with Crippen LogP contribution in [0.1, 0.15) is 37.8 Å². The Kier molecular flexibility index (Phi) is 4.19. The molecule has 0 amide bonds. The number of benzene rings is 1. The lowest BCUT2D eigenvalue weighted by Crippen LogP contribution is -2.45. The Hall–Kier alpha value is -2.56. The highest BCUT2D eigenvalue weighted by Crippen LogP contribution is 2.41. The van der Waals surface area contributed by atoms with Gasteiger partial charge in [-0.05, 0) is 51.3 Å². The Balaban J connectivity index is 2.15. The number of carbonyl (C=O) groups is 1. The van der Waals surface area contributed by atoms with Crippen molar-refractivity contribution in [3.05, 3.63) is 52.7 Å². The first kappa shape index (κ1) is 17.3. The molecule has 2 aromatic rings. The molecule has 0 atom stereocenters. The number of carboxylic acids is 1. The molecule has 5 heteroatoms. The number of allylic oxidation sites excluding steroid dienone is 1. The van der Waals surface area contributed by atoms with E-state index in [1.807, 2.05) is 39.0 Å². The molecule has 0 aliphatic carbocycles. The lowest BCUT2D eigenvalue weighted by atomic mass is 9.87. The fourth-order valence-corrected chi connectivity index (χ4v) is 3.45. The highest BCUT2D eigenvalue weighted by atomic mass is 16.4. The molecule has 5 nitrogen and oxygen atoms in total. The number of aliphatic carboxylic acids is 1. The molecule has 1 aromatic carbocycles. The molecular formula is C20H21NO4. The number of nitrogens with zero attached hydrogens (tertiary/aromatic N) is 1. The van der Waals surface area contributed by atoms with E-state index in [0.29, 0.717) is 24.1 Å². The van der Waals surface area contributed by atoms with Gasteiger partial charge in [-0.25, -0.2) is 4.79 Å². The van der Waals surface area contributed by atoms with Crippen LogP contribution in [0.15, 0.2) is 33.5 Å². The molecular weight excluding hydrogens is 318 g/mol. The average Bonchev–Trinajstić information content (AvgIpc) is 2.48. The number of rotatable bonds is 4. The zero-order valence-corrected chi connectivity index (χ0v) is 14.6. The van der Waals surface area contributed by atoms with Gasteiger partial charge in [-0.15, -0.1) is 0 Å². The van der Waals surface area contributed by atoms with Crippen molar-refractivity contribution in [1.29, 1.82) is 0 Å². The minimum absolute atomic E-state index is 0.100. The summed E-state index contributed by atoms with van der Waals surface area (Å²) < 4.78 is 5.37. The second kappa shape index (κ2) is 6.06. The highest BCUT2D eigenvalue weighted by Gasteiger charge is 2.31. The van der Waals surface area contributed by atoms with Gasteiger partial charge in [0.2, 0.25) is 0 Å². The molecule has 25 heavy (non-hydrogen) atoms. The van der Waals surface area contributed by atoms with Gasteiger partial charge in [-0.2, -0.15) is 0 Å². The summed E-state index contributed by atoms with van der Waals surface area (Å²) >= 11 is 0. The van der Waals surface area contributed by atoms with Crippen LogP contribution < -0.4 is 10.5 Å². The van der Waals surface area contributed by atoms with Crippen LogP contribution in [0, 0.1) is 13.8 Å². The summed E-state index contributed by atoms with van der Waals surface area (Å²) in [6.45, 7) is 12.8. The van der Waals surface area contributed by atoms with Crippen molar-refractivity contribution in [1.82, 2.24) is 0 Å². The smallest absolute Gasteiger partial charge is 0.336 e. The minimum Gasteiger partial charge on any atom is -0.481 e. The summed E-state index contributed by atoms with van der Waals surface area (Å²) in [6, 6.07) is 5.24. The molecule has 1 N–H and O–H groups in total. The molecule has 2 heterocycles. The van der Waals surface area contributed by atoms with Crippen LogP contribution in [0.5, 0.6) is 0 Å². The second-order valence-electron chi connectivity index (χ2n) is 7.02. The van der Waals surface area contributed by atoms with E-state index in [1.54, 1.807) is 0 Å². The molecule has 3 rings (SSSR count). The summed E-state index contributed by atoms with van der Waals surface area (Å²) in [6.07, 6.45) is 2.60. The molecule has 1 aliphatic rings. The van der Waals surface area contributed by atoms with E-state index in [1.165, 1.54) is 6.07 Å². The number of fused-ring (bicyclic) bond motifs is 2. The minimum atomic E-state index is -0.815. The van der Waals surface area contributed by atoms with Gasteiger partial charge in [0.1, 0.15) is 5.58 Å². The first-order chi connectivity index (χ1) is 11.7. The zero-order chi connectivity index (χ0) is 18.4. The maximum atomic E-state index is 11.7. The summed E-state index contributed by atoms with van der Waals surface area (Å²) in [5.74, 6) is -0.815. The van der Waals surface area contributed by atoms with Crippen LogP contribution >= 0.6 is 0 Å². The van der Waals surface area contributed by atoms with E-state index in [-0.39, 0.29) is 17.6 Å². The summed E-state index contributed by atoms with van der Waals surface area (Å²) in [5, 5.41) is 9.76. The van der Waals surface area contributed by atoms with Gasteiger partial charge in [0, 0.05) is 41.7 Å². The van der Waals surface area contributed by atoms with E-state index in [2.05, 4.69) is 4.90 Å². The summed E-state index contributed by atoms with van der Waals surface area (Å²) in [7, 11) is 0. The zero-order valence-electron chi connectivity index (χ0n) is 14.6. The third kappa shape index (κ3) is 3.18. The van der Waals surface area contributed by atoms with Gasteiger partial charge in [-0.3, -0.25) is 4.79 Å². The van der Waals surface area contributed by atoms with Gasteiger partial charge < -0.3 is 14.4 Å². The molecule has 0 fully saturated rings. The van der Waals surface area contributed by atoms with Crippen molar-refractivity contribution < 1.29 is 14.3 Å². The summed E-state index contributed by atoms with van der Waals surface area (Å²) in [4.78, 5) is 24.7. The lowest BCUT2D eigenvalue weighted by molar-refractivity contribution is -0.137. The Morgan fingerprint density at radius 2 is 2.04 bits per heavy atom. The predicted molar refractivity (Wildman–Crippen MR) is 97.8 cm³/mol. The van der Waals surface area contributed by atoms with E-state index >= 15 is 0 Å². The van der Waals surface area contributed by atoms with E-state index in [9.17, 15) is 9.59 Å². The number of carboxylic acid groups (broad SMARTS) is 1. The molecule has 0 saturated carbocycles. The monoisotopic (exact) mass is 339 g/mol. The Bertz CT molecular complexity index is 937. The fourth-order valence-electron chi connectivity index (χ4n) is 3.45. The highest BCUT2D eigenvalue weighted by molar-refractivity contribution is 5.94. The third-order valence-corrected chi connectivity index (χ3v) is 4.65. The van der Waals surface area contributed by atoms with Gasteiger partial charge in [0.15, 0.2) is 0 Å². The van der Waals surface area contributed by atoms with Gasteiger partial charge >= 0.3 is 11.6 Å². The largest absolute Gasteiger partial charge is 0.481 e. The van der Waals surface area contributed by atoms with E-state index < -0.39 is 5.97 Å². The van der Waals surface area contributed by atoms with Crippen molar-refractivity contribution in [2.24, 2.45) is 0 Å². The molecule has 2 radical (unpaired) electrons. The lowest BCUT2D eigenvalue weighted by Gasteiger charge is -2.43. The van der Waals surface area contributed by atoms with Crippen LogP contribution in [0.4, 0.5) is 5.69 Å². The maximum absolute atomic E-state index is 11.7. The van der Waals surface area contributed by atoms with Crippen molar-refractivity contribution >= 4 is 28.2 Å². The first-order valence-corrected chi connectivity index (χ1v) is 8.26. The number of hydrogen-bond donors (Lipinski definition) is 1. The predicted octanol–water partition coefficient (Wildman–Crippen LogP) is 3.66. The van der Waals surface area contributed by atoms with Crippen molar-refractivity contribution in [2.75, 3.05) is 11.4 Å². The van der Waals surface area contributed by atoms with Crippen LogP contribution in [0.2, 0.25) is 0 Å². The molecule has 0 bridgehead atoms. The van der Waals surface area contributed by atoms with Gasteiger partial charge in [0.05, 0.1) is 5.54 Å². The van der Waals surface area contributed by atoms with Crippen molar-refractivity contribution in [3.63, 3.8) is 0 Å². The van der Waals surface area contributed by atoms with E-state index in [4.69, 9.17) is 16.4 Å². The number of aryl methyl sites for hydroxylation is 1. The maximum Gasteiger partial charge on any atom is 0.336 e. The Morgan fingerprint density at radius 1 is 1.32 bits per heavy atom. The van der Waals surface area contributed by atoms with Crippen LogP contribution in [-0.4, -0.2) is 23.2 Å². The Morgan fingerprint density at radius 3 is 2.72 bits per heavy atom. The SMILES string of the molecule is [CH]C1=CC(C)(C)N(CCCC(=O)O)c2cc3oc(=O)cc(C)c3cc21. The average molecular weight is 339 g/mol. The van der Waals surface area contributed by atoms with Crippen molar-refractivity contribution in [2.45, 2.75) is 39.2 Å². The molecule has 130 valence electrons. The molecule has 1 aliphatic heterocycles. The van der Waals surface area contributed by atoms with Crippen LogP contribution in [-0.2, 0) is 4.79 Å². The number of anilines is 1. The third-order valence-electron chi connectivity index (χ3n) is 4.65. The van der Waals surface area contributed by atoms with Crippen LogP contribution in [0.25, 0.3) is 16.5 Å². The molecule has 0 saturated heterocycles. The quantitative estimate of drug-likeness (QED) is 0.861.